The third-order valence-corrected chi connectivity index (χ3v) is 4.99. The van der Waals surface area contributed by atoms with Crippen molar-refractivity contribution in [2.45, 2.75) is 18.9 Å². The van der Waals surface area contributed by atoms with Crippen LogP contribution in [0.4, 0.5) is 0 Å². The summed E-state index contributed by atoms with van der Waals surface area (Å²) in [5, 5.41) is 6.64. The molecule has 1 aliphatic heterocycles. The number of fused-ring (bicyclic) bond motifs is 3. The summed E-state index contributed by atoms with van der Waals surface area (Å²) >= 11 is 1.64. The SMILES string of the molecule is O=C(Cc1cccs1)C1NCCc2c1[nH]c1ccccc21. The number of thiophene rings is 1. The fraction of sp³-hybridized carbons (Fsp3) is 0.235. The van der Waals surface area contributed by atoms with Gasteiger partial charge >= 0.3 is 0 Å². The smallest absolute Gasteiger partial charge is 0.160 e. The van der Waals surface area contributed by atoms with E-state index in [2.05, 4.69) is 28.5 Å². The van der Waals surface area contributed by atoms with Crippen molar-refractivity contribution >= 4 is 28.0 Å². The molecule has 3 nitrogen and oxygen atoms in total. The van der Waals surface area contributed by atoms with Crippen molar-refractivity contribution < 1.29 is 4.79 Å². The molecule has 0 bridgehead atoms. The highest BCUT2D eigenvalue weighted by Crippen LogP contribution is 2.31. The van der Waals surface area contributed by atoms with Gasteiger partial charge < -0.3 is 10.3 Å². The first kappa shape index (κ1) is 12.8. The molecule has 2 aromatic heterocycles. The number of H-pyrrole nitrogens is 1. The molecule has 0 aliphatic carbocycles. The number of ketones is 1. The third-order valence-electron chi connectivity index (χ3n) is 4.11. The van der Waals surface area contributed by atoms with E-state index in [9.17, 15) is 4.79 Å². The largest absolute Gasteiger partial charge is 0.356 e. The van der Waals surface area contributed by atoms with Crippen LogP contribution < -0.4 is 5.32 Å². The number of aromatic nitrogens is 1. The normalized spacial score (nSPS) is 17.8. The van der Waals surface area contributed by atoms with E-state index in [0.717, 1.165) is 29.1 Å². The molecule has 2 N–H and O–H groups in total. The summed E-state index contributed by atoms with van der Waals surface area (Å²) in [6.07, 6.45) is 1.48. The maximum Gasteiger partial charge on any atom is 0.160 e. The zero-order chi connectivity index (χ0) is 14.2. The van der Waals surface area contributed by atoms with Gasteiger partial charge in [0.2, 0.25) is 0 Å². The van der Waals surface area contributed by atoms with Crippen molar-refractivity contribution in [2.24, 2.45) is 0 Å². The van der Waals surface area contributed by atoms with Crippen molar-refractivity contribution in [1.82, 2.24) is 10.3 Å². The van der Waals surface area contributed by atoms with Gasteiger partial charge in [-0.05, 0) is 29.5 Å². The summed E-state index contributed by atoms with van der Waals surface area (Å²) in [5.41, 5.74) is 3.48. The average molecular weight is 296 g/mol. The lowest BCUT2D eigenvalue weighted by atomic mass is 9.95. The quantitative estimate of drug-likeness (QED) is 0.779. The van der Waals surface area contributed by atoms with Gasteiger partial charge in [-0.1, -0.05) is 24.3 Å². The van der Waals surface area contributed by atoms with E-state index < -0.39 is 0 Å². The molecule has 0 radical (unpaired) electrons. The molecule has 3 aromatic rings. The van der Waals surface area contributed by atoms with E-state index in [4.69, 9.17) is 0 Å². The van der Waals surface area contributed by atoms with Gasteiger partial charge in [-0.15, -0.1) is 11.3 Å². The van der Waals surface area contributed by atoms with Crippen LogP contribution in [0.1, 0.15) is 22.2 Å². The van der Waals surface area contributed by atoms with Gasteiger partial charge in [-0.3, -0.25) is 4.79 Å². The molecule has 21 heavy (non-hydrogen) atoms. The molecule has 0 spiro atoms. The van der Waals surface area contributed by atoms with Crippen LogP contribution in [0.5, 0.6) is 0 Å². The number of carbonyl (C=O) groups is 1. The highest BCUT2D eigenvalue weighted by Gasteiger charge is 2.29. The van der Waals surface area contributed by atoms with Gasteiger partial charge in [0.05, 0.1) is 0 Å². The molecule has 4 heteroatoms. The van der Waals surface area contributed by atoms with Crippen LogP contribution in [-0.2, 0) is 17.6 Å². The minimum atomic E-state index is -0.205. The van der Waals surface area contributed by atoms with Crippen LogP contribution in [0.3, 0.4) is 0 Å². The highest BCUT2D eigenvalue weighted by atomic mass is 32.1. The minimum Gasteiger partial charge on any atom is -0.356 e. The number of hydrogen-bond donors (Lipinski definition) is 2. The van der Waals surface area contributed by atoms with Crippen LogP contribution in [0.15, 0.2) is 41.8 Å². The Labute approximate surface area is 127 Å². The first-order chi connectivity index (χ1) is 10.3. The number of rotatable bonds is 3. The van der Waals surface area contributed by atoms with E-state index in [0.29, 0.717) is 6.42 Å². The average Bonchev–Trinajstić information content (AvgIpc) is 3.13. The van der Waals surface area contributed by atoms with Gasteiger partial charge in [0.15, 0.2) is 5.78 Å². The fourth-order valence-electron chi connectivity index (χ4n) is 3.14. The van der Waals surface area contributed by atoms with E-state index in [1.807, 2.05) is 23.6 Å². The van der Waals surface area contributed by atoms with E-state index >= 15 is 0 Å². The second kappa shape index (κ2) is 5.13. The summed E-state index contributed by atoms with van der Waals surface area (Å²) in [4.78, 5) is 17.2. The lowest BCUT2D eigenvalue weighted by Crippen LogP contribution is -2.35. The molecular weight excluding hydrogens is 280 g/mol. The summed E-state index contributed by atoms with van der Waals surface area (Å²) in [6.45, 7) is 0.857. The Morgan fingerprint density at radius 1 is 1.24 bits per heavy atom. The number of hydrogen-bond acceptors (Lipinski definition) is 3. The maximum atomic E-state index is 12.6. The Balaban J connectivity index is 1.71. The molecular formula is C17H16N2OS. The van der Waals surface area contributed by atoms with Crippen LogP contribution in [0, 0.1) is 0 Å². The fourth-order valence-corrected chi connectivity index (χ4v) is 3.86. The lowest BCUT2D eigenvalue weighted by Gasteiger charge is -2.23. The maximum absolute atomic E-state index is 12.6. The molecule has 4 rings (SSSR count). The molecule has 106 valence electrons. The Kier molecular flexibility index (Phi) is 3.13. The predicted octanol–water partition coefficient (Wildman–Crippen LogP) is 3.23. The van der Waals surface area contributed by atoms with Gasteiger partial charge in [-0.2, -0.15) is 0 Å². The lowest BCUT2D eigenvalue weighted by molar-refractivity contribution is -0.120. The van der Waals surface area contributed by atoms with Crippen molar-refractivity contribution in [3.05, 3.63) is 57.9 Å². The van der Waals surface area contributed by atoms with Gasteiger partial charge in [0, 0.05) is 34.4 Å². The first-order valence-electron chi connectivity index (χ1n) is 7.21. The van der Waals surface area contributed by atoms with Gasteiger partial charge in [0.25, 0.3) is 0 Å². The van der Waals surface area contributed by atoms with Crippen molar-refractivity contribution in [1.29, 1.82) is 0 Å². The molecule has 1 unspecified atom stereocenters. The second-order valence-corrected chi connectivity index (χ2v) is 6.45. The van der Waals surface area contributed by atoms with Crippen LogP contribution in [0.25, 0.3) is 10.9 Å². The number of Topliss-reactive ketones (excluding diaryl/α,β-unsaturated/α-hetero) is 1. The molecule has 0 saturated carbocycles. The van der Waals surface area contributed by atoms with E-state index in [1.54, 1.807) is 11.3 Å². The number of benzene rings is 1. The molecule has 0 fully saturated rings. The number of nitrogens with one attached hydrogen (secondary N) is 2. The van der Waals surface area contributed by atoms with Crippen LogP contribution in [-0.4, -0.2) is 17.3 Å². The number of carbonyl (C=O) groups excluding carboxylic acids is 1. The van der Waals surface area contributed by atoms with Crippen molar-refractivity contribution in [2.75, 3.05) is 6.54 Å². The zero-order valence-corrected chi connectivity index (χ0v) is 12.4. The molecule has 0 saturated heterocycles. The summed E-state index contributed by atoms with van der Waals surface area (Å²) in [7, 11) is 0. The molecule has 1 aliphatic rings. The number of para-hydroxylation sites is 1. The Morgan fingerprint density at radius 3 is 3.00 bits per heavy atom. The Hall–Kier alpha value is -1.91. The van der Waals surface area contributed by atoms with Crippen molar-refractivity contribution in [3.63, 3.8) is 0 Å². The molecule has 1 atom stereocenters. The standard InChI is InChI=1S/C17H16N2OS/c20-15(10-11-4-3-9-21-11)17-16-13(7-8-18-17)12-5-1-2-6-14(12)19-16/h1-6,9,17-19H,7-8,10H2. The molecule has 1 aromatic carbocycles. The third kappa shape index (κ3) is 2.20. The highest BCUT2D eigenvalue weighted by molar-refractivity contribution is 7.10. The van der Waals surface area contributed by atoms with Crippen molar-refractivity contribution in [3.8, 4) is 0 Å². The van der Waals surface area contributed by atoms with Gasteiger partial charge in [-0.25, -0.2) is 0 Å². The van der Waals surface area contributed by atoms with E-state index in [1.165, 1.54) is 10.9 Å². The van der Waals surface area contributed by atoms with Gasteiger partial charge in [0.1, 0.15) is 6.04 Å². The van der Waals surface area contributed by atoms with E-state index in [-0.39, 0.29) is 11.8 Å². The number of aromatic amines is 1. The summed E-state index contributed by atoms with van der Waals surface area (Å²) in [6, 6.07) is 12.1. The molecule has 3 heterocycles. The zero-order valence-electron chi connectivity index (χ0n) is 11.6. The minimum absolute atomic E-state index is 0.205. The topological polar surface area (TPSA) is 44.9 Å². The summed E-state index contributed by atoms with van der Waals surface area (Å²) in [5.74, 6) is 0.241. The second-order valence-electron chi connectivity index (χ2n) is 5.42. The van der Waals surface area contributed by atoms with Crippen LogP contribution in [0.2, 0.25) is 0 Å². The Morgan fingerprint density at radius 2 is 2.14 bits per heavy atom. The predicted molar refractivity (Wildman–Crippen MR) is 85.8 cm³/mol. The Bertz CT molecular complexity index is 788. The first-order valence-corrected chi connectivity index (χ1v) is 8.09. The summed E-state index contributed by atoms with van der Waals surface area (Å²) < 4.78 is 0. The molecule has 0 amide bonds. The monoisotopic (exact) mass is 296 g/mol. The van der Waals surface area contributed by atoms with Crippen LogP contribution >= 0.6 is 11.3 Å².